The summed E-state index contributed by atoms with van der Waals surface area (Å²) in [7, 11) is 1.92. The minimum absolute atomic E-state index is 0.0223. The molecule has 0 saturated carbocycles. The first kappa shape index (κ1) is 19.6. The molecule has 0 bridgehead atoms. The second-order valence-corrected chi connectivity index (χ2v) is 8.55. The van der Waals surface area contributed by atoms with Gasteiger partial charge in [-0.1, -0.05) is 44.2 Å². The Kier molecular flexibility index (Phi) is 5.41. The van der Waals surface area contributed by atoms with Crippen molar-refractivity contribution >= 4 is 11.8 Å². The summed E-state index contributed by atoms with van der Waals surface area (Å²) in [5, 5.41) is 11.1. The molecule has 2 aliphatic heterocycles. The molecule has 0 radical (unpaired) electrons. The zero-order chi connectivity index (χ0) is 20.5. The number of aryl methyl sites for hydroxylation is 1. The number of hydrogen-bond acceptors (Lipinski definition) is 4. The van der Waals surface area contributed by atoms with Gasteiger partial charge in [0.1, 0.15) is 12.1 Å². The molecule has 2 aliphatic rings. The van der Waals surface area contributed by atoms with Gasteiger partial charge < -0.3 is 15.5 Å². The fourth-order valence-corrected chi connectivity index (χ4v) is 4.40. The van der Waals surface area contributed by atoms with E-state index in [1.165, 1.54) is 0 Å². The topological polar surface area (TPSA) is 79.3 Å². The summed E-state index contributed by atoms with van der Waals surface area (Å²) in [5.41, 5.74) is 3.15. The number of fused-ring (bicyclic) bond motifs is 1. The highest BCUT2D eigenvalue weighted by Gasteiger charge is 2.46. The van der Waals surface area contributed by atoms with Crippen LogP contribution in [0.4, 0.5) is 0 Å². The lowest BCUT2D eigenvalue weighted by atomic mass is 9.99. The molecule has 0 spiro atoms. The molecule has 7 nitrogen and oxygen atoms in total. The van der Waals surface area contributed by atoms with E-state index < -0.39 is 0 Å². The molecule has 2 saturated heterocycles. The number of carbonyl (C=O) groups excluding carboxylic acids is 2. The average molecular weight is 396 g/mol. The van der Waals surface area contributed by atoms with Gasteiger partial charge in [0.15, 0.2) is 0 Å². The third-order valence-corrected chi connectivity index (χ3v) is 5.74. The van der Waals surface area contributed by atoms with Crippen LogP contribution in [0.15, 0.2) is 36.5 Å². The SMILES string of the molecule is CC(C)C[C@@H]1NC(=O)[C@@H]2C[C@H](NCc3cn(C)nc3-c3ccccc3)CN2C1=O. The summed E-state index contributed by atoms with van der Waals surface area (Å²) < 4.78 is 1.82. The van der Waals surface area contributed by atoms with Crippen LogP contribution < -0.4 is 10.6 Å². The van der Waals surface area contributed by atoms with Crippen LogP contribution >= 0.6 is 0 Å². The summed E-state index contributed by atoms with van der Waals surface area (Å²) in [4.78, 5) is 27.1. The van der Waals surface area contributed by atoms with Crippen molar-refractivity contribution in [3.63, 3.8) is 0 Å². The molecule has 1 aromatic heterocycles. The lowest BCUT2D eigenvalue weighted by molar-refractivity contribution is -0.147. The third kappa shape index (κ3) is 4.05. The maximum Gasteiger partial charge on any atom is 0.245 e. The van der Waals surface area contributed by atoms with E-state index in [9.17, 15) is 9.59 Å². The van der Waals surface area contributed by atoms with Crippen molar-refractivity contribution in [3.8, 4) is 11.3 Å². The van der Waals surface area contributed by atoms with Crippen LogP contribution in [-0.4, -0.2) is 51.2 Å². The van der Waals surface area contributed by atoms with Gasteiger partial charge in [-0.2, -0.15) is 5.10 Å². The Morgan fingerprint density at radius 2 is 2.00 bits per heavy atom. The second kappa shape index (κ2) is 7.99. The lowest BCUT2D eigenvalue weighted by Crippen LogP contribution is -2.61. The van der Waals surface area contributed by atoms with E-state index in [4.69, 9.17) is 0 Å². The first-order valence-corrected chi connectivity index (χ1v) is 10.3. The fraction of sp³-hybridized carbons (Fsp3) is 0.500. The van der Waals surface area contributed by atoms with E-state index in [0.29, 0.717) is 31.8 Å². The van der Waals surface area contributed by atoms with Crippen LogP contribution in [0.25, 0.3) is 11.3 Å². The molecular weight excluding hydrogens is 366 g/mol. The summed E-state index contributed by atoms with van der Waals surface area (Å²) in [6.07, 6.45) is 3.35. The minimum Gasteiger partial charge on any atom is -0.342 e. The third-order valence-electron chi connectivity index (χ3n) is 5.74. The number of hydrogen-bond donors (Lipinski definition) is 2. The van der Waals surface area contributed by atoms with Crippen LogP contribution in [0.1, 0.15) is 32.3 Å². The Balaban J connectivity index is 1.43. The van der Waals surface area contributed by atoms with Crippen LogP contribution in [0.3, 0.4) is 0 Å². The Morgan fingerprint density at radius 1 is 1.24 bits per heavy atom. The highest BCUT2D eigenvalue weighted by molar-refractivity contribution is 5.97. The normalized spacial score (nSPS) is 24.1. The Hall–Kier alpha value is -2.67. The monoisotopic (exact) mass is 395 g/mol. The van der Waals surface area contributed by atoms with Crippen LogP contribution in [0.2, 0.25) is 0 Å². The van der Waals surface area contributed by atoms with Crippen molar-refractivity contribution in [3.05, 3.63) is 42.1 Å². The van der Waals surface area contributed by atoms with Gasteiger partial charge in [0.05, 0.1) is 5.69 Å². The molecular formula is C22H29N5O2. The molecule has 0 unspecified atom stereocenters. The van der Waals surface area contributed by atoms with Crippen molar-refractivity contribution in [1.29, 1.82) is 0 Å². The summed E-state index contributed by atoms with van der Waals surface area (Å²) in [6, 6.07) is 9.47. The zero-order valence-electron chi connectivity index (χ0n) is 17.3. The van der Waals surface area contributed by atoms with E-state index in [0.717, 1.165) is 16.8 Å². The minimum atomic E-state index is -0.388. The van der Waals surface area contributed by atoms with Gasteiger partial charge in [-0.25, -0.2) is 0 Å². The van der Waals surface area contributed by atoms with Gasteiger partial charge in [-0.15, -0.1) is 0 Å². The molecule has 2 amide bonds. The van der Waals surface area contributed by atoms with E-state index in [2.05, 4.69) is 41.7 Å². The van der Waals surface area contributed by atoms with Crippen LogP contribution in [-0.2, 0) is 23.2 Å². The Bertz CT molecular complexity index is 892. The molecule has 3 heterocycles. The predicted molar refractivity (Wildman–Crippen MR) is 111 cm³/mol. The lowest BCUT2D eigenvalue weighted by Gasteiger charge is -2.35. The van der Waals surface area contributed by atoms with Crippen molar-refractivity contribution in [2.45, 2.75) is 51.4 Å². The number of amides is 2. The summed E-state index contributed by atoms with van der Waals surface area (Å²) >= 11 is 0. The van der Waals surface area contributed by atoms with Gasteiger partial charge in [0.25, 0.3) is 0 Å². The van der Waals surface area contributed by atoms with Gasteiger partial charge in [0.2, 0.25) is 11.8 Å². The van der Waals surface area contributed by atoms with Crippen LogP contribution in [0.5, 0.6) is 0 Å². The number of benzene rings is 1. The molecule has 29 heavy (non-hydrogen) atoms. The van der Waals surface area contributed by atoms with Crippen LogP contribution in [0, 0.1) is 5.92 Å². The first-order valence-electron chi connectivity index (χ1n) is 10.3. The largest absolute Gasteiger partial charge is 0.342 e. The molecule has 0 aliphatic carbocycles. The second-order valence-electron chi connectivity index (χ2n) is 8.55. The number of rotatable bonds is 6. The first-order chi connectivity index (χ1) is 13.9. The number of carbonyl (C=O) groups is 2. The number of aromatic nitrogens is 2. The van der Waals surface area contributed by atoms with Gasteiger partial charge in [-0.3, -0.25) is 14.3 Å². The van der Waals surface area contributed by atoms with Crippen molar-refractivity contribution < 1.29 is 9.59 Å². The zero-order valence-corrected chi connectivity index (χ0v) is 17.3. The fourth-order valence-electron chi connectivity index (χ4n) is 4.40. The highest BCUT2D eigenvalue weighted by atomic mass is 16.2. The van der Waals surface area contributed by atoms with Crippen molar-refractivity contribution in [1.82, 2.24) is 25.3 Å². The summed E-state index contributed by atoms with van der Waals surface area (Å²) in [5.74, 6) is 0.393. The van der Waals surface area contributed by atoms with Gasteiger partial charge in [-0.05, 0) is 18.8 Å². The average Bonchev–Trinajstić information content (AvgIpc) is 3.28. The molecule has 2 N–H and O–H groups in total. The highest BCUT2D eigenvalue weighted by Crippen LogP contribution is 2.26. The molecule has 4 rings (SSSR count). The number of nitrogens with zero attached hydrogens (tertiary/aromatic N) is 3. The van der Waals surface area contributed by atoms with E-state index in [1.807, 2.05) is 36.1 Å². The molecule has 2 fully saturated rings. The van der Waals surface area contributed by atoms with Gasteiger partial charge in [0, 0.05) is 43.5 Å². The van der Waals surface area contributed by atoms with Gasteiger partial charge >= 0.3 is 0 Å². The maximum absolute atomic E-state index is 12.8. The standard InChI is InChI=1S/C22H29N5O2/c1-14(2)9-18-22(29)27-13-17(10-19(27)21(28)24-18)23-11-16-12-26(3)25-20(16)15-7-5-4-6-8-15/h4-8,12,14,17-19,23H,9-11,13H2,1-3H3,(H,24,28)/t17-,18-,19-/m0/s1. The quantitative estimate of drug-likeness (QED) is 0.780. The van der Waals surface area contributed by atoms with Crippen molar-refractivity contribution in [2.24, 2.45) is 13.0 Å². The van der Waals surface area contributed by atoms with E-state index >= 15 is 0 Å². The number of nitrogens with one attached hydrogen (secondary N) is 2. The maximum atomic E-state index is 12.8. The number of piperazine rings is 1. The molecule has 1 aromatic carbocycles. The molecule has 3 atom stereocenters. The van der Waals surface area contributed by atoms with E-state index in [1.54, 1.807) is 4.90 Å². The molecule has 7 heteroatoms. The predicted octanol–water partition coefficient (Wildman–Crippen LogP) is 1.69. The van der Waals surface area contributed by atoms with Crippen molar-refractivity contribution in [2.75, 3.05) is 6.54 Å². The smallest absolute Gasteiger partial charge is 0.245 e. The Morgan fingerprint density at radius 3 is 2.72 bits per heavy atom. The molecule has 2 aromatic rings. The molecule has 154 valence electrons. The summed E-state index contributed by atoms with van der Waals surface area (Å²) in [6.45, 7) is 5.36. The Labute approximate surface area is 171 Å². The van der Waals surface area contributed by atoms with E-state index in [-0.39, 0.29) is 29.9 Å².